The monoisotopic (exact) mass is 208 g/mol. The van der Waals surface area contributed by atoms with Gasteiger partial charge in [-0.05, 0) is 12.8 Å². The molecule has 66 valence electrons. The van der Waals surface area contributed by atoms with Crippen molar-refractivity contribution >= 4 is 22.7 Å². The third-order valence-corrected chi connectivity index (χ3v) is 3.96. The molecule has 1 fully saturated rings. The minimum absolute atomic E-state index is 0.762. The standard InChI is InChI=1S/C9H8N2S2/c1-2-6(1)7-4-12-9(11-7)8-3-10-5-13-8/h3-6H,1-2H2. The highest BCUT2D eigenvalue weighted by atomic mass is 32.1. The molecule has 0 spiro atoms. The van der Waals surface area contributed by atoms with Gasteiger partial charge in [-0.1, -0.05) is 0 Å². The van der Waals surface area contributed by atoms with Gasteiger partial charge in [0.1, 0.15) is 5.01 Å². The molecular formula is C9H8N2S2. The lowest BCUT2D eigenvalue weighted by atomic mass is 10.3. The third kappa shape index (κ3) is 1.40. The lowest BCUT2D eigenvalue weighted by molar-refractivity contribution is 1.05. The number of rotatable bonds is 2. The average molecular weight is 208 g/mol. The van der Waals surface area contributed by atoms with Gasteiger partial charge in [-0.3, -0.25) is 4.98 Å². The molecule has 2 nitrogen and oxygen atoms in total. The molecule has 2 heterocycles. The molecule has 4 heteroatoms. The highest BCUT2D eigenvalue weighted by Crippen LogP contribution is 2.41. The van der Waals surface area contributed by atoms with E-state index in [0.29, 0.717) is 0 Å². The summed E-state index contributed by atoms with van der Waals surface area (Å²) in [5.74, 6) is 0.762. The van der Waals surface area contributed by atoms with Crippen molar-refractivity contribution in [3.05, 3.63) is 22.8 Å². The second-order valence-electron chi connectivity index (χ2n) is 3.22. The molecule has 0 atom stereocenters. The van der Waals surface area contributed by atoms with Crippen molar-refractivity contribution in [2.45, 2.75) is 18.8 Å². The van der Waals surface area contributed by atoms with Gasteiger partial charge in [-0.15, -0.1) is 22.7 Å². The van der Waals surface area contributed by atoms with Gasteiger partial charge >= 0.3 is 0 Å². The van der Waals surface area contributed by atoms with E-state index in [1.54, 1.807) is 22.7 Å². The number of thiazole rings is 2. The van der Waals surface area contributed by atoms with Gasteiger partial charge in [0.2, 0.25) is 0 Å². The SMILES string of the molecule is c1ncc(-c2nc(C3CC3)cs2)s1. The smallest absolute Gasteiger partial charge is 0.135 e. The van der Waals surface area contributed by atoms with Crippen LogP contribution in [0, 0.1) is 0 Å². The topological polar surface area (TPSA) is 25.8 Å². The molecule has 1 saturated carbocycles. The van der Waals surface area contributed by atoms with Crippen LogP contribution in [0.25, 0.3) is 9.88 Å². The number of nitrogens with zero attached hydrogens (tertiary/aromatic N) is 2. The second kappa shape index (κ2) is 2.89. The summed E-state index contributed by atoms with van der Waals surface area (Å²) < 4.78 is 0. The molecule has 2 aromatic heterocycles. The molecule has 2 aromatic rings. The first kappa shape index (κ1) is 7.64. The Morgan fingerprint density at radius 2 is 2.23 bits per heavy atom. The molecule has 0 bridgehead atoms. The van der Waals surface area contributed by atoms with Crippen molar-refractivity contribution in [3.63, 3.8) is 0 Å². The first-order valence-corrected chi connectivity index (χ1v) is 6.04. The van der Waals surface area contributed by atoms with Crippen LogP contribution < -0.4 is 0 Å². The van der Waals surface area contributed by atoms with Gasteiger partial charge in [0.15, 0.2) is 0 Å². The highest BCUT2D eigenvalue weighted by Gasteiger charge is 2.26. The van der Waals surface area contributed by atoms with Crippen molar-refractivity contribution in [1.29, 1.82) is 0 Å². The van der Waals surface area contributed by atoms with Crippen LogP contribution in [0.4, 0.5) is 0 Å². The molecule has 0 unspecified atom stereocenters. The predicted molar refractivity (Wildman–Crippen MR) is 55.2 cm³/mol. The molecule has 3 rings (SSSR count). The summed E-state index contributed by atoms with van der Waals surface area (Å²) in [7, 11) is 0. The molecule has 0 N–H and O–H groups in total. The number of hydrogen-bond acceptors (Lipinski definition) is 4. The van der Waals surface area contributed by atoms with E-state index >= 15 is 0 Å². The first-order chi connectivity index (χ1) is 6.43. The van der Waals surface area contributed by atoms with Crippen molar-refractivity contribution < 1.29 is 0 Å². The fraction of sp³-hybridized carbons (Fsp3) is 0.333. The lowest BCUT2D eigenvalue weighted by Crippen LogP contribution is -1.77. The van der Waals surface area contributed by atoms with Crippen LogP contribution in [-0.4, -0.2) is 9.97 Å². The zero-order valence-electron chi connectivity index (χ0n) is 6.93. The highest BCUT2D eigenvalue weighted by molar-refractivity contribution is 7.19. The summed E-state index contributed by atoms with van der Waals surface area (Å²) >= 11 is 3.39. The zero-order valence-corrected chi connectivity index (χ0v) is 8.57. The van der Waals surface area contributed by atoms with E-state index in [2.05, 4.69) is 15.3 Å². The molecular weight excluding hydrogens is 200 g/mol. The maximum atomic E-state index is 4.60. The fourth-order valence-electron chi connectivity index (χ4n) is 1.29. The third-order valence-electron chi connectivity index (χ3n) is 2.16. The van der Waals surface area contributed by atoms with Gasteiger partial charge in [0.25, 0.3) is 0 Å². The number of aromatic nitrogens is 2. The van der Waals surface area contributed by atoms with E-state index in [9.17, 15) is 0 Å². The van der Waals surface area contributed by atoms with Gasteiger partial charge in [-0.25, -0.2) is 4.98 Å². The van der Waals surface area contributed by atoms with Crippen molar-refractivity contribution in [2.24, 2.45) is 0 Å². The van der Waals surface area contributed by atoms with E-state index < -0.39 is 0 Å². The molecule has 0 saturated heterocycles. The predicted octanol–water partition coefficient (Wildman–Crippen LogP) is 3.14. The molecule has 13 heavy (non-hydrogen) atoms. The summed E-state index contributed by atoms with van der Waals surface area (Å²) in [5.41, 5.74) is 3.14. The van der Waals surface area contributed by atoms with Crippen LogP contribution in [0.3, 0.4) is 0 Å². The largest absolute Gasteiger partial charge is 0.252 e. The minimum Gasteiger partial charge on any atom is -0.252 e. The molecule has 1 aliphatic carbocycles. The van der Waals surface area contributed by atoms with Crippen LogP contribution in [0.5, 0.6) is 0 Å². The number of hydrogen-bond donors (Lipinski definition) is 0. The van der Waals surface area contributed by atoms with Crippen LogP contribution in [0.15, 0.2) is 17.1 Å². The molecule has 0 aromatic carbocycles. The fourth-order valence-corrected chi connectivity index (χ4v) is 2.88. The van der Waals surface area contributed by atoms with E-state index in [-0.39, 0.29) is 0 Å². The Morgan fingerprint density at radius 1 is 1.31 bits per heavy atom. The Labute approximate surface area is 84.3 Å². The first-order valence-electron chi connectivity index (χ1n) is 4.28. The lowest BCUT2D eigenvalue weighted by Gasteiger charge is -1.86. The van der Waals surface area contributed by atoms with Crippen LogP contribution in [0.2, 0.25) is 0 Å². The summed E-state index contributed by atoms with van der Waals surface area (Å²) in [6, 6.07) is 0. The van der Waals surface area contributed by atoms with Gasteiger partial charge in [0, 0.05) is 17.5 Å². The van der Waals surface area contributed by atoms with Crippen LogP contribution in [0.1, 0.15) is 24.5 Å². The van der Waals surface area contributed by atoms with Crippen LogP contribution >= 0.6 is 22.7 Å². The minimum atomic E-state index is 0.762. The molecule has 0 radical (unpaired) electrons. The van der Waals surface area contributed by atoms with E-state index in [1.807, 2.05) is 11.7 Å². The Morgan fingerprint density at radius 3 is 2.92 bits per heavy atom. The van der Waals surface area contributed by atoms with Gasteiger partial charge in [0.05, 0.1) is 16.1 Å². The second-order valence-corrected chi connectivity index (χ2v) is 4.96. The van der Waals surface area contributed by atoms with Crippen molar-refractivity contribution in [3.8, 4) is 9.88 Å². The maximum Gasteiger partial charge on any atom is 0.135 e. The summed E-state index contributed by atoms with van der Waals surface area (Å²) in [5, 5.41) is 3.32. The van der Waals surface area contributed by atoms with E-state index in [0.717, 1.165) is 10.9 Å². The molecule has 1 aliphatic rings. The Kier molecular flexibility index (Phi) is 1.70. The maximum absolute atomic E-state index is 4.60. The Balaban J connectivity index is 1.97. The summed E-state index contributed by atoms with van der Waals surface area (Å²) in [4.78, 5) is 9.85. The summed E-state index contributed by atoms with van der Waals surface area (Å²) in [6.07, 6.45) is 4.54. The van der Waals surface area contributed by atoms with E-state index in [1.165, 1.54) is 23.4 Å². The normalized spacial score (nSPS) is 16.3. The van der Waals surface area contributed by atoms with Crippen molar-refractivity contribution in [2.75, 3.05) is 0 Å². The van der Waals surface area contributed by atoms with Gasteiger partial charge < -0.3 is 0 Å². The van der Waals surface area contributed by atoms with Crippen molar-refractivity contribution in [1.82, 2.24) is 9.97 Å². The quantitative estimate of drug-likeness (QED) is 0.757. The van der Waals surface area contributed by atoms with E-state index in [4.69, 9.17) is 0 Å². The van der Waals surface area contributed by atoms with Crippen LogP contribution in [-0.2, 0) is 0 Å². The Bertz CT molecular complexity index is 401. The summed E-state index contributed by atoms with van der Waals surface area (Å²) in [6.45, 7) is 0. The Hall–Kier alpha value is -0.740. The average Bonchev–Trinajstić information content (AvgIpc) is 2.72. The van der Waals surface area contributed by atoms with Gasteiger partial charge in [-0.2, -0.15) is 0 Å². The molecule has 0 aliphatic heterocycles. The zero-order chi connectivity index (χ0) is 8.67. The molecule has 0 amide bonds.